The monoisotopic (exact) mass is 307 g/mol. The van der Waals surface area contributed by atoms with Gasteiger partial charge in [0.2, 0.25) is 0 Å². The molecule has 20 heavy (non-hydrogen) atoms. The molecule has 0 atom stereocenters. The minimum Gasteiger partial charge on any atom is -0.495 e. The van der Waals surface area contributed by atoms with E-state index in [0.29, 0.717) is 38.4 Å². The Labute approximate surface area is 126 Å². The number of rotatable bonds is 3. The van der Waals surface area contributed by atoms with Crippen LogP contribution in [0.4, 0.5) is 17.1 Å². The van der Waals surface area contributed by atoms with Gasteiger partial charge in [0.1, 0.15) is 5.75 Å². The van der Waals surface area contributed by atoms with Crippen LogP contribution < -0.4 is 15.8 Å². The molecule has 0 aliphatic carbocycles. The van der Waals surface area contributed by atoms with E-state index in [2.05, 4.69) is 5.32 Å². The minimum absolute atomic E-state index is 0.390. The summed E-state index contributed by atoms with van der Waals surface area (Å²) in [5.74, 6) is 0.537. The number of methoxy groups -OCH3 is 1. The van der Waals surface area contributed by atoms with Crippen LogP contribution in [0.2, 0.25) is 10.0 Å². The van der Waals surface area contributed by atoms with Gasteiger partial charge in [0.15, 0.2) is 0 Å². The molecular weight excluding hydrogens is 297 g/mol. The van der Waals surface area contributed by atoms with Crippen molar-refractivity contribution in [2.24, 2.45) is 0 Å². The highest BCUT2D eigenvalue weighted by Gasteiger charge is 2.09. The van der Waals surface area contributed by atoms with Gasteiger partial charge in [0.05, 0.1) is 45.8 Å². The molecule has 0 heterocycles. The average molecular weight is 308 g/mol. The predicted molar refractivity (Wildman–Crippen MR) is 81.9 cm³/mol. The van der Waals surface area contributed by atoms with Gasteiger partial charge in [-0.1, -0.05) is 23.2 Å². The summed E-state index contributed by atoms with van der Waals surface area (Å²) in [5.41, 5.74) is 8.15. The molecule has 0 aliphatic heterocycles. The van der Waals surface area contributed by atoms with Crippen LogP contribution in [0.1, 0.15) is 5.56 Å². The van der Waals surface area contributed by atoms with Gasteiger partial charge in [0.25, 0.3) is 0 Å². The summed E-state index contributed by atoms with van der Waals surface area (Å²) in [4.78, 5) is 0. The van der Waals surface area contributed by atoms with Gasteiger partial charge in [-0.25, -0.2) is 0 Å². The quantitative estimate of drug-likeness (QED) is 0.834. The lowest BCUT2D eigenvalue weighted by Gasteiger charge is -2.14. The lowest BCUT2D eigenvalue weighted by atomic mass is 10.2. The third-order valence-electron chi connectivity index (χ3n) is 2.69. The van der Waals surface area contributed by atoms with Crippen molar-refractivity contribution >= 4 is 40.3 Å². The Morgan fingerprint density at radius 1 is 1.15 bits per heavy atom. The molecule has 0 radical (unpaired) electrons. The van der Waals surface area contributed by atoms with Gasteiger partial charge in [0, 0.05) is 6.07 Å². The molecule has 0 fully saturated rings. The maximum Gasteiger partial charge on any atom is 0.143 e. The van der Waals surface area contributed by atoms with Crippen LogP contribution in [0.3, 0.4) is 0 Å². The molecule has 2 aromatic carbocycles. The van der Waals surface area contributed by atoms with E-state index in [1.807, 2.05) is 6.07 Å². The van der Waals surface area contributed by atoms with Gasteiger partial charge in [-0.05, 0) is 24.3 Å². The molecule has 0 aromatic heterocycles. The molecule has 0 amide bonds. The third-order valence-corrected chi connectivity index (χ3v) is 3.41. The molecule has 2 aromatic rings. The molecule has 0 saturated carbocycles. The standard InChI is InChI=1S/C14H11Cl2N3O/c1-20-14-4-8(7-17)2-3-12(14)19-13-6-10(16)9(15)5-11(13)18/h2-6,19H,18H2,1H3. The largest absolute Gasteiger partial charge is 0.495 e. The maximum absolute atomic E-state index is 8.87. The summed E-state index contributed by atoms with van der Waals surface area (Å²) in [6.45, 7) is 0. The van der Waals surface area contributed by atoms with E-state index < -0.39 is 0 Å². The van der Waals surface area contributed by atoms with Crippen molar-refractivity contribution in [2.75, 3.05) is 18.2 Å². The second-order valence-corrected chi connectivity index (χ2v) is 4.82. The Bertz CT molecular complexity index is 696. The summed E-state index contributed by atoms with van der Waals surface area (Å²) in [6.07, 6.45) is 0. The number of nitriles is 1. The Balaban J connectivity index is 2.40. The van der Waals surface area contributed by atoms with E-state index in [1.165, 1.54) is 7.11 Å². The minimum atomic E-state index is 0.390. The highest BCUT2D eigenvalue weighted by molar-refractivity contribution is 6.42. The number of nitrogen functional groups attached to an aromatic ring is 1. The molecule has 0 unspecified atom stereocenters. The molecule has 2 rings (SSSR count). The van der Waals surface area contributed by atoms with Crippen molar-refractivity contribution in [2.45, 2.75) is 0 Å². The number of halogens is 2. The Hall–Kier alpha value is -2.09. The van der Waals surface area contributed by atoms with Crippen molar-refractivity contribution in [3.63, 3.8) is 0 Å². The zero-order chi connectivity index (χ0) is 14.7. The molecule has 0 aliphatic rings. The highest BCUT2D eigenvalue weighted by atomic mass is 35.5. The second-order valence-electron chi connectivity index (χ2n) is 4.01. The van der Waals surface area contributed by atoms with Crippen LogP contribution >= 0.6 is 23.2 Å². The normalized spacial score (nSPS) is 9.90. The van der Waals surface area contributed by atoms with E-state index >= 15 is 0 Å². The zero-order valence-electron chi connectivity index (χ0n) is 10.6. The molecule has 0 saturated heterocycles. The molecule has 102 valence electrons. The van der Waals surface area contributed by atoms with E-state index in [0.717, 1.165) is 0 Å². The van der Waals surface area contributed by atoms with Crippen LogP contribution in [0.15, 0.2) is 30.3 Å². The third kappa shape index (κ3) is 2.90. The summed E-state index contributed by atoms with van der Waals surface area (Å²) in [6, 6.07) is 10.3. The zero-order valence-corrected chi connectivity index (χ0v) is 12.1. The van der Waals surface area contributed by atoms with Crippen LogP contribution in [0.5, 0.6) is 5.75 Å². The van der Waals surface area contributed by atoms with Gasteiger partial charge in [-0.2, -0.15) is 5.26 Å². The summed E-state index contributed by atoms with van der Waals surface area (Å²) < 4.78 is 5.24. The summed E-state index contributed by atoms with van der Waals surface area (Å²) >= 11 is 11.9. The fourth-order valence-electron chi connectivity index (χ4n) is 1.68. The fourth-order valence-corrected chi connectivity index (χ4v) is 2.02. The molecular formula is C14H11Cl2N3O. The lowest BCUT2D eigenvalue weighted by molar-refractivity contribution is 0.416. The first-order valence-corrected chi connectivity index (χ1v) is 6.40. The van der Waals surface area contributed by atoms with Crippen molar-refractivity contribution in [1.29, 1.82) is 5.26 Å². The van der Waals surface area contributed by atoms with E-state index in [4.69, 9.17) is 38.9 Å². The van der Waals surface area contributed by atoms with Gasteiger partial charge in [-0.3, -0.25) is 0 Å². The number of hydrogen-bond acceptors (Lipinski definition) is 4. The predicted octanol–water partition coefficient (Wildman–Crippen LogP) is 4.20. The van der Waals surface area contributed by atoms with Crippen molar-refractivity contribution in [3.8, 4) is 11.8 Å². The van der Waals surface area contributed by atoms with Crippen LogP contribution in [0.25, 0.3) is 0 Å². The SMILES string of the molecule is COc1cc(C#N)ccc1Nc1cc(Cl)c(Cl)cc1N. The first-order valence-electron chi connectivity index (χ1n) is 5.65. The van der Waals surface area contributed by atoms with E-state index in [1.54, 1.807) is 30.3 Å². The number of nitrogens with two attached hydrogens (primary N) is 1. The first-order chi connectivity index (χ1) is 9.55. The van der Waals surface area contributed by atoms with Gasteiger partial charge in [-0.15, -0.1) is 0 Å². The summed E-state index contributed by atoms with van der Waals surface area (Å²) in [7, 11) is 1.53. The van der Waals surface area contributed by atoms with Crippen molar-refractivity contribution in [1.82, 2.24) is 0 Å². The fraction of sp³-hybridized carbons (Fsp3) is 0.0714. The second kappa shape index (κ2) is 5.91. The molecule has 0 spiro atoms. The molecule has 4 nitrogen and oxygen atoms in total. The van der Waals surface area contributed by atoms with Gasteiger partial charge < -0.3 is 15.8 Å². The highest BCUT2D eigenvalue weighted by Crippen LogP contribution is 2.35. The van der Waals surface area contributed by atoms with E-state index in [-0.39, 0.29) is 0 Å². The van der Waals surface area contributed by atoms with E-state index in [9.17, 15) is 0 Å². The Kier molecular flexibility index (Phi) is 4.23. The average Bonchev–Trinajstić information content (AvgIpc) is 2.45. The molecule has 0 bridgehead atoms. The Morgan fingerprint density at radius 2 is 1.85 bits per heavy atom. The number of nitrogens with one attached hydrogen (secondary N) is 1. The van der Waals surface area contributed by atoms with Crippen molar-refractivity contribution < 1.29 is 4.74 Å². The topological polar surface area (TPSA) is 71.1 Å². The number of hydrogen-bond donors (Lipinski definition) is 2. The van der Waals surface area contributed by atoms with Gasteiger partial charge >= 0.3 is 0 Å². The van der Waals surface area contributed by atoms with Crippen LogP contribution in [-0.4, -0.2) is 7.11 Å². The maximum atomic E-state index is 8.87. The smallest absolute Gasteiger partial charge is 0.143 e. The number of anilines is 3. The van der Waals surface area contributed by atoms with Crippen molar-refractivity contribution in [3.05, 3.63) is 45.9 Å². The lowest BCUT2D eigenvalue weighted by Crippen LogP contribution is -1.99. The Morgan fingerprint density at radius 3 is 2.50 bits per heavy atom. The molecule has 3 N–H and O–H groups in total. The molecule has 6 heteroatoms. The number of nitrogens with zero attached hydrogens (tertiary/aromatic N) is 1. The first kappa shape index (κ1) is 14.3. The van der Waals surface area contributed by atoms with Crippen LogP contribution in [-0.2, 0) is 0 Å². The number of benzene rings is 2. The van der Waals surface area contributed by atoms with Crippen LogP contribution in [0, 0.1) is 11.3 Å². The number of ether oxygens (including phenoxy) is 1. The summed E-state index contributed by atoms with van der Waals surface area (Å²) in [5, 5.41) is 12.8.